The minimum atomic E-state index is -0.0788. The number of hydrogen-bond donors (Lipinski definition) is 0. The Morgan fingerprint density at radius 1 is 1.23 bits per heavy atom. The first kappa shape index (κ1) is 12.5. The first-order chi connectivity index (χ1) is 5.74. The molecule has 0 aliphatic rings. The lowest BCUT2D eigenvalue weighted by Crippen LogP contribution is -2.24. The number of ether oxygens (including phenoxy) is 1. The molecule has 0 aliphatic carbocycles. The summed E-state index contributed by atoms with van der Waals surface area (Å²) in [5.41, 5.74) is 0.0619. The predicted octanol–water partition coefficient (Wildman–Crippen LogP) is 2.87. The SMILES string of the molecule is CC(C)C(C)C(=O)OCC(C)(C)C. The van der Waals surface area contributed by atoms with Gasteiger partial charge in [0.05, 0.1) is 12.5 Å². The molecular formula is C11H22O2. The van der Waals surface area contributed by atoms with Crippen molar-refractivity contribution in [2.24, 2.45) is 17.3 Å². The lowest BCUT2D eigenvalue weighted by Gasteiger charge is -2.20. The predicted molar refractivity (Wildman–Crippen MR) is 54.4 cm³/mol. The van der Waals surface area contributed by atoms with E-state index in [9.17, 15) is 4.79 Å². The normalized spacial score (nSPS) is 14.4. The van der Waals surface area contributed by atoms with Gasteiger partial charge in [-0.15, -0.1) is 0 Å². The quantitative estimate of drug-likeness (QED) is 0.633. The van der Waals surface area contributed by atoms with Crippen LogP contribution in [0.2, 0.25) is 0 Å². The molecule has 0 bridgehead atoms. The fourth-order valence-electron chi connectivity index (χ4n) is 0.691. The topological polar surface area (TPSA) is 26.3 Å². The second kappa shape index (κ2) is 4.64. The van der Waals surface area contributed by atoms with E-state index in [-0.39, 0.29) is 17.3 Å². The molecule has 0 aromatic heterocycles. The molecule has 0 radical (unpaired) electrons. The molecule has 0 amide bonds. The lowest BCUT2D eigenvalue weighted by atomic mass is 9.97. The van der Waals surface area contributed by atoms with Gasteiger partial charge >= 0.3 is 5.97 Å². The molecule has 0 heterocycles. The van der Waals surface area contributed by atoms with Crippen molar-refractivity contribution >= 4 is 5.97 Å². The molecule has 2 nitrogen and oxygen atoms in total. The van der Waals surface area contributed by atoms with Crippen LogP contribution in [0, 0.1) is 17.3 Å². The molecule has 0 saturated heterocycles. The van der Waals surface area contributed by atoms with Gasteiger partial charge in [0.2, 0.25) is 0 Å². The van der Waals surface area contributed by atoms with Crippen LogP contribution in [0.4, 0.5) is 0 Å². The number of hydrogen-bond acceptors (Lipinski definition) is 2. The van der Waals surface area contributed by atoms with Crippen molar-refractivity contribution in [3.8, 4) is 0 Å². The zero-order valence-electron chi connectivity index (χ0n) is 9.68. The molecule has 13 heavy (non-hydrogen) atoms. The monoisotopic (exact) mass is 186 g/mol. The van der Waals surface area contributed by atoms with Gasteiger partial charge in [0.15, 0.2) is 0 Å². The molecule has 1 unspecified atom stereocenters. The summed E-state index contributed by atoms with van der Waals surface area (Å²) >= 11 is 0. The molecule has 78 valence electrons. The summed E-state index contributed by atoms with van der Waals surface area (Å²) < 4.78 is 5.19. The Hall–Kier alpha value is -0.530. The summed E-state index contributed by atoms with van der Waals surface area (Å²) in [6.07, 6.45) is 0. The van der Waals surface area contributed by atoms with E-state index in [0.717, 1.165) is 0 Å². The van der Waals surface area contributed by atoms with Gasteiger partial charge in [-0.2, -0.15) is 0 Å². The van der Waals surface area contributed by atoms with Crippen LogP contribution in [0.1, 0.15) is 41.5 Å². The molecule has 0 rings (SSSR count). The zero-order valence-corrected chi connectivity index (χ0v) is 9.68. The maximum Gasteiger partial charge on any atom is 0.308 e. The Morgan fingerprint density at radius 3 is 2.00 bits per heavy atom. The van der Waals surface area contributed by atoms with Gasteiger partial charge in [0, 0.05) is 0 Å². The molecular weight excluding hydrogens is 164 g/mol. The Balaban J connectivity index is 3.89. The Labute approximate surface area is 81.7 Å². The van der Waals surface area contributed by atoms with Crippen LogP contribution in [-0.2, 0) is 9.53 Å². The summed E-state index contributed by atoms with van der Waals surface area (Å²) in [5.74, 6) is 0.278. The summed E-state index contributed by atoms with van der Waals surface area (Å²) in [7, 11) is 0. The highest BCUT2D eigenvalue weighted by molar-refractivity contribution is 5.72. The van der Waals surface area contributed by atoms with Crippen molar-refractivity contribution in [3.63, 3.8) is 0 Å². The van der Waals surface area contributed by atoms with Crippen molar-refractivity contribution in [1.82, 2.24) is 0 Å². The van der Waals surface area contributed by atoms with Crippen LogP contribution in [0.5, 0.6) is 0 Å². The van der Waals surface area contributed by atoms with Crippen LogP contribution < -0.4 is 0 Å². The first-order valence-corrected chi connectivity index (χ1v) is 4.90. The first-order valence-electron chi connectivity index (χ1n) is 4.90. The third-order valence-electron chi connectivity index (χ3n) is 2.02. The van der Waals surface area contributed by atoms with E-state index in [1.165, 1.54) is 0 Å². The van der Waals surface area contributed by atoms with Crippen LogP contribution in [0.25, 0.3) is 0 Å². The van der Waals surface area contributed by atoms with Crippen LogP contribution in [0.15, 0.2) is 0 Å². The smallest absolute Gasteiger partial charge is 0.308 e. The van der Waals surface area contributed by atoms with Crippen molar-refractivity contribution in [2.45, 2.75) is 41.5 Å². The molecule has 0 aromatic rings. The van der Waals surface area contributed by atoms with Gasteiger partial charge in [0.25, 0.3) is 0 Å². The number of carbonyl (C=O) groups excluding carboxylic acids is 1. The van der Waals surface area contributed by atoms with E-state index < -0.39 is 0 Å². The van der Waals surface area contributed by atoms with Crippen LogP contribution in [-0.4, -0.2) is 12.6 Å². The average molecular weight is 186 g/mol. The molecule has 1 atom stereocenters. The highest BCUT2D eigenvalue weighted by Crippen LogP contribution is 2.16. The maximum absolute atomic E-state index is 11.4. The molecule has 0 aromatic carbocycles. The fourth-order valence-corrected chi connectivity index (χ4v) is 0.691. The maximum atomic E-state index is 11.4. The molecule has 0 spiro atoms. The summed E-state index contributed by atoms with van der Waals surface area (Å²) in [6, 6.07) is 0. The highest BCUT2D eigenvalue weighted by Gasteiger charge is 2.20. The third kappa shape index (κ3) is 5.67. The molecule has 0 N–H and O–H groups in total. The number of carbonyl (C=O) groups is 1. The van der Waals surface area contributed by atoms with Crippen molar-refractivity contribution < 1.29 is 9.53 Å². The third-order valence-corrected chi connectivity index (χ3v) is 2.02. The number of rotatable bonds is 3. The zero-order chi connectivity index (χ0) is 10.6. The lowest BCUT2D eigenvalue weighted by molar-refractivity contribution is -0.152. The molecule has 0 fully saturated rings. The van der Waals surface area contributed by atoms with Crippen molar-refractivity contribution in [3.05, 3.63) is 0 Å². The van der Waals surface area contributed by atoms with Gasteiger partial charge in [-0.25, -0.2) is 0 Å². The summed E-state index contributed by atoms with van der Waals surface area (Å²) in [5, 5.41) is 0. The fraction of sp³-hybridized carbons (Fsp3) is 0.909. The summed E-state index contributed by atoms with van der Waals surface area (Å²) in [4.78, 5) is 11.4. The van der Waals surface area contributed by atoms with E-state index in [4.69, 9.17) is 4.74 Å². The second-order valence-corrected chi connectivity index (χ2v) is 5.20. The average Bonchev–Trinajstić information content (AvgIpc) is 1.97. The van der Waals surface area contributed by atoms with Gasteiger partial charge in [-0.1, -0.05) is 41.5 Å². The Kier molecular flexibility index (Phi) is 4.45. The van der Waals surface area contributed by atoms with Crippen molar-refractivity contribution in [1.29, 1.82) is 0 Å². The Bertz CT molecular complexity index is 165. The van der Waals surface area contributed by atoms with E-state index in [0.29, 0.717) is 12.5 Å². The summed E-state index contributed by atoms with van der Waals surface area (Å²) in [6.45, 7) is 12.6. The minimum absolute atomic E-state index is 0.00218. The van der Waals surface area contributed by atoms with Gasteiger partial charge in [-0.3, -0.25) is 4.79 Å². The van der Waals surface area contributed by atoms with Gasteiger partial charge in [-0.05, 0) is 11.3 Å². The van der Waals surface area contributed by atoms with E-state index in [1.807, 2.05) is 20.8 Å². The molecule has 0 saturated carbocycles. The van der Waals surface area contributed by atoms with E-state index >= 15 is 0 Å². The van der Waals surface area contributed by atoms with Gasteiger partial charge in [0.1, 0.15) is 0 Å². The van der Waals surface area contributed by atoms with Crippen LogP contribution in [0.3, 0.4) is 0 Å². The second-order valence-electron chi connectivity index (χ2n) is 5.20. The minimum Gasteiger partial charge on any atom is -0.465 e. The van der Waals surface area contributed by atoms with Crippen LogP contribution >= 0.6 is 0 Å². The highest BCUT2D eigenvalue weighted by atomic mass is 16.5. The van der Waals surface area contributed by atoms with Gasteiger partial charge < -0.3 is 4.74 Å². The molecule has 2 heteroatoms. The Morgan fingerprint density at radius 2 is 1.69 bits per heavy atom. The van der Waals surface area contributed by atoms with Crippen molar-refractivity contribution in [2.75, 3.05) is 6.61 Å². The largest absolute Gasteiger partial charge is 0.465 e. The molecule has 0 aliphatic heterocycles. The standard InChI is InChI=1S/C11H22O2/c1-8(2)9(3)10(12)13-7-11(4,5)6/h8-9H,7H2,1-6H3. The van der Waals surface area contributed by atoms with E-state index in [2.05, 4.69) is 20.8 Å². The van der Waals surface area contributed by atoms with E-state index in [1.54, 1.807) is 0 Å². The number of esters is 1.